The van der Waals surface area contributed by atoms with Gasteiger partial charge < -0.3 is 0 Å². The predicted molar refractivity (Wildman–Crippen MR) is 87.3 cm³/mol. The van der Waals surface area contributed by atoms with Gasteiger partial charge in [0.2, 0.25) is 0 Å². The van der Waals surface area contributed by atoms with Crippen molar-refractivity contribution in [1.29, 1.82) is 0 Å². The maximum Gasteiger partial charge on any atom is -0.0117 e. The van der Waals surface area contributed by atoms with E-state index in [1.807, 2.05) is 18.2 Å². The van der Waals surface area contributed by atoms with E-state index in [0.717, 1.165) is 0 Å². The Morgan fingerprint density at radius 3 is 2.00 bits per heavy atom. The molecule has 3 aromatic rings. The summed E-state index contributed by atoms with van der Waals surface area (Å²) in [6.45, 7) is 4.28. The molecule has 0 N–H and O–H groups in total. The van der Waals surface area contributed by atoms with Crippen LogP contribution >= 0.6 is 0 Å². The molecule has 0 aromatic heterocycles. The quantitative estimate of drug-likeness (QED) is 0.518. The largest absolute Gasteiger partial charge is 0.0622 e. The van der Waals surface area contributed by atoms with E-state index in [0.29, 0.717) is 0 Å². The van der Waals surface area contributed by atoms with Crippen LogP contribution in [0.15, 0.2) is 60.7 Å². The standard InChI is InChI=1S/C13H12.C7H8/c1-9-5-6-11-8-7-10-3-2-4-12(9)13(10)11;1-7-5-3-2-4-6-7/h2-6H,7-8H2,1H3;2-6H,1H3. The summed E-state index contributed by atoms with van der Waals surface area (Å²) in [7, 11) is 0. The van der Waals surface area contributed by atoms with Gasteiger partial charge in [-0.05, 0) is 54.2 Å². The minimum absolute atomic E-state index is 1.23. The normalized spacial score (nSPS) is 12.1. The van der Waals surface area contributed by atoms with E-state index in [1.165, 1.54) is 45.9 Å². The van der Waals surface area contributed by atoms with Crippen LogP contribution in [-0.2, 0) is 12.8 Å². The third kappa shape index (κ3) is 2.46. The molecule has 0 heterocycles. The van der Waals surface area contributed by atoms with Crippen molar-refractivity contribution in [3.8, 4) is 0 Å². The fourth-order valence-corrected chi connectivity index (χ4v) is 2.93. The highest BCUT2D eigenvalue weighted by Gasteiger charge is 2.13. The second-order valence-electron chi connectivity index (χ2n) is 5.54. The summed E-state index contributed by atoms with van der Waals surface area (Å²) in [4.78, 5) is 0. The summed E-state index contributed by atoms with van der Waals surface area (Å²) in [6.07, 6.45) is 2.46. The first-order chi connectivity index (χ1) is 9.75. The number of aryl methyl sites for hydroxylation is 4. The Bertz CT molecular complexity index is 713. The van der Waals surface area contributed by atoms with E-state index >= 15 is 0 Å². The van der Waals surface area contributed by atoms with Crippen molar-refractivity contribution >= 4 is 10.8 Å². The van der Waals surface area contributed by atoms with E-state index in [-0.39, 0.29) is 0 Å². The summed E-state index contributed by atoms with van der Waals surface area (Å²) >= 11 is 0. The fraction of sp³-hybridized carbons (Fsp3) is 0.200. The minimum Gasteiger partial charge on any atom is -0.0622 e. The highest BCUT2D eigenvalue weighted by Crippen LogP contribution is 2.32. The van der Waals surface area contributed by atoms with Gasteiger partial charge in [-0.3, -0.25) is 0 Å². The lowest BCUT2D eigenvalue weighted by molar-refractivity contribution is 1.02. The summed E-state index contributed by atoms with van der Waals surface area (Å²) in [5.74, 6) is 0. The molecule has 0 spiro atoms. The molecule has 3 aromatic carbocycles. The number of hydrogen-bond donors (Lipinski definition) is 0. The molecule has 0 fully saturated rings. The average molecular weight is 260 g/mol. The zero-order chi connectivity index (χ0) is 13.9. The van der Waals surface area contributed by atoms with Crippen LogP contribution in [0.25, 0.3) is 10.8 Å². The molecule has 0 radical (unpaired) electrons. The van der Waals surface area contributed by atoms with Gasteiger partial charge in [-0.2, -0.15) is 0 Å². The highest BCUT2D eigenvalue weighted by molar-refractivity contribution is 5.93. The molecule has 0 amide bonds. The van der Waals surface area contributed by atoms with Crippen LogP contribution in [0.4, 0.5) is 0 Å². The van der Waals surface area contributed by atoms with E-state index in [2.05, 4.69) is 56.3 Å². The van der Waals surface area contributed by atoms with Gasteiger partial charge in [-0.15, -0.1) is 0 Å². The van der Waals surface area contributed by atoms with Gasteiger partial charge >= 0.3 is 0 Å². The molecule has 0 aliphatic heterocycles. The van der Waals surface area contributed by atoms with Crippen LogP contribution in [0.5, 0.6) is 0 Å². The molecule has 4 rings (SSSR count). The lowest BCUT2D eigenvalue weighted by atomic mass is 10.0. The van der Waals surface area contributed by atoms with Crippen molar-refractivity contribution in [1.82, 2.24) is 0 Å². The molecule has 1 aliphatic rings. The molecule has 0 nitrogen and oxygen atoms in total. The zero-order valence-corrected chi connectivity index (χ0v) is 12.2. The summed E-state index contributed by atoms with van der Waals surface area (Å²) in [5.41, 5.74) is 5.80. The molecule has 0 saturated carbocycles. The minimum atomic E-state index is 1.23. The zero-order valence-electron chi connectivity index (χ0n) is 12.2. The Morgan fingerprint density at radius 2 is 1.35 bits per heavy atom. The summed E-state index contributed by atoms with van der Waals surface area (Å²) in [5, 5.41) is 2.98. The summed E-state index contributed by atoms with van der Waals surface area (Å²) < 4.78 is 0. The van der Waals surface area contributed by atoms with Crippen LogP contribution < -0.4 is 0 Å². The van der Waals surface area contributed by atoms with Crippen LogP contribution in [0, 0.1) is 13.8 Å². The van der Waals surface area contributed by atoms with Crippen LogP contribution in [-0.4, -0.2) is 0 Å². The first-order valence-corrected chi connectivity index (χ1v) is 7.27. The van der Waals surface area contributed by atoms with Gasteiger partial charge in [0.05, 0.1) is 0 Å². The molecule has 0 bridgehead atoms. The number of benzene rings is 3. The molecule has 0 unspecified atom stereocenters. The Kier molecular flexibility index (Phi) is 3.56. The Morgan fingerprint density at radius 1 is 0.650 bits per heavy atom. The second kappa shape index (κ2) is 5.50. The monoisotopic (exact) mass is 260 g/mol. The van der Waals surface area contributed by atoms with Gasteiger partial charge in [-0.1, -0.05) is 66.2 Å². The van der Waals surface area contributed by atoms with Gasteiger partial charge in [0.25, 0.3) is 0 Å². The van der Waals surface area contributed by atoms with Gasteiger partial charge in [-0.25, -0.2) is 0 Å². The predicted octanol–water partition coefficient (Wildman–Crippen LogP) is 5.24. The van der Waals surface area contributed by atoms with E-state index in [9.17, 15) is 0 Å². The van der Waals surface area contributed by atoms with Gasteiger partial charge in [0.15, 0.2) is 0 Å². The highest BCUT2D eigenvalue weighted by atomic mass is 14.2. The summed E-state index contributed by atoms with van der Waals surface area (Å²) in [6, 6.07) is 21.5. The van der Waals surface area contributed by atoms with Gasteiger partial charge in [0.1, 0.15) is 0 Å². The molecule has 0 atom stereocenters. The molecule has 100 valence electrons. The van der Waals surface area contributed by atoms with E-state index in [1.54, 1.807) is 0 Å². The van der Waals surface area contributed by atoms with Crippen LogP contribution in [0.2, 0.25) is 0 Å². The third-order valence-electron chi connectivity index (χ3n) is 4.04. The van der Waals surface area contributed by atoms with Crippen molar-refractivity contribution in [2.24, 2.45) is 0 Å². The first kappa shape index (κ1) is 12.9. The molecule has 0 heteroatoms. The molecular formula is C20H20. The maximum absolute atomic E-state index is 2.29. The van der Waals surface area contributed by atoms with Gasteiger partial charge in [0, 0.05) is 0 Å². The topological polar surface area (TPSA) is 0 Å². The van der Waals surface area contributed by atoms with Crippen molar-refractivity contribution in [2.75, 3.05) is 0 Å². The molecule has 0 saturated heterocycles. The number of rotatable bonds is 0. The second-order valence-corrected chi connectivity index (χ2v) is 5.54. The average Bonchev–Trinajstić information content (AvgIpc) is 2.89. The van der Waals surface area contributed by atoms with Crippen molar-refractivity contribution in [3.05, 3.63) is 82.9 Å². The first-order valence-electron chi connectivity index (χ1n) is 7.27. The van der Waals surface area contributed by atoms with E-state index in [4.69, 9.17) is 0 Å². The van der Waals surface area contributed by atoms with Crippen LogP contribution in [0.3, 0.4) is 0 Å². The molecular weight excluding hydrogens is 240 g/mol. The SMILES string of the molecule is Cc1ccc2c3c(cccc13)CC2.Cc1ccccc1. The number of hydrogen-bond acceptors (Lipinski definition) is 0. The Hall–Kier alpha value is -2.08. The third-order valence-corrected chi connectivity index (χ3v) is 4.04. The fourth-order valence-electron chi connectivity index (χ4n) is 2.93. The van der Waals surface area contributed by atoms with E-state index < -0.39 is 0 Å². The van der Waals surface area contributed by atoms with Crippen molar-refractivity contribution in [3.63, 3.8) is 0 Å². The Balaban J connectivity index is 0.000000147. The molecule has 1 aliphatic carbocycles. The molecule has 20 heavy (non-hydrogen) atoms. The Labute approximate surface area is 121 Å². The van der Waals surface area contributed by atoms with Crippen molar-refractivity contribution in [2.45, 2.75) is 26.7 Å². The lowest BCUT2D eigenvalue weighted by Gasteiger charge is -2.04. The van der Waals surface area contributed by atoms with Crippen LogP contribution in [0.1, 0.15) is 22.3 Å². The maximum atomic E-state index is 2.29. The lowest BCUT2D eigenvalue weighted by Crippen LogP contribution is -1.81. The smallest absolute Gasteiger partial charge is 0.0117 e. The van der Waals surface area contributed by atoms with Crippen molar-refractivity contribution < 1.29 is 0 Å².